The average Bonchev–Trinajstić information content (AvgIpc) is 3.07. The molecule has 1 heterocycles. The lowest BCUT2D eigenvalue weighted by molar-refractivity contribution is -0.151. The maximum absolute atomic E-state index is 11.8. The van der Waals surface area contributed by atoms with Gasteiger partial charge in [0.2, 0.25) is 0 Å². The van der Waals surface area contributed by atoms with Gasteiger partial charge in [-0.1, -0.05) is 96.8 Å². The predicted molar refractivity (Wildman–Crippen MR) is 118 cm³/mol. The summed E-state index contributed by atoms with van der Waals surface area (Å²) in [4.78, 5) is 11.8. The first kappa shape index (κ1) is 27.3. The second-order valence-corrected chi connectivity index (χ2v) is 8.81. The summed E-state index contributed by atoms with van der Waals surface area (Å²) >= 11 is 0. The van der Waals surface area contributed by atoms with Gasteiger partial charge in [-0.05, 0) is 6.42 Å². The Hall–Kier alpha value is -0.690. The van der Waals surface area contributed by atoms with E-state index in [4.69, 9.17) is 9.47 Å². The molecule has 1 saturated heterocycles. The minimum atomic E-state index is -1.14. The van der Waals surface area contributed by atoms with E-state index in [9.17, 15) is 20.1 Å². The number of hydrogen-bond donors (Lipinski definition) is 3. The Morgan fingerprint density at radius 2 is 1.33 bits per heavy atom. The van der Waals surface area contributed by atoms with Gasteiger partial charge in [0, 0.05) is 6.42 Å². The summed E-state index contributed by atoms with van der Waals surface area (Å²) in [7, 11) is 0. The summed E-state index contributed by atoms with van der Waals surface area (Å²) in [6.45, 7) is 2.03. The third-order valence-electron chi connectivity index (χ3n) is 5.97. The standard InChI is InChI=1S/C24H46O6/c1-2-3-4-5-6-7-8-9-10-11-12-13-14-15-16-17-22(27)29-19-21(26)24-23(28)20(25)18-30-24/h20-21,23-26,28H,2-19H2,1H3/t20-,21-,23?,24-/m1/s1. The molecular formula is C24H46O6. The normalized spacial score (nSPS) is 22.3. The van der Waals surface area contributed by atoms with E-state index >= 15 is 0 Å². The number of ether oxygens (including phenoxy) is 2. The first-order chi connectivity index (χ1) is 14.6. The zero-order valence-corrected chi connectivity index (χ0v) is 19.1. The number of aliphatic hydroxyl groups excluding tert-OH is 3. The fourth-order valence-electron chi connectivity index (χ4n) is 3.95. The molecule has 0 aliphatic carbocycles. The summed E-state index contributed by atoms with van der Waals surface area (Å²) < 4.78 is 10.2. The Morgan fingerprint density at radius 1 is 0.867 bits per heavy atom. The van der Waals surface area contributed by atoms with Crippen LogP contribution in [0.4, 0.5) is 0 Å². The van der Waals surface area contributed by atoms with Crippen molar-refractivity contribution in [1.82, 2.24) is 0 Å². The highest BCUT2D eigenvalue weighted by molar-refractivity contribution is 5.69. The molecule has 0 spiro atoms. The van der Waals surface area contributed by atoms with Gasteiger partial charge in [0.05, 0.1) is 6.61 Å². The van der Waals surface area contributed by atoms with Gasteiger partial charge in [0.25, 0.3) is 0 Å². The molecule has 178 valence electrons. The first-order valence-electron chi connectivity index (χ1n) is 12.4. The van der Waals surface area contributed by atoms with Crippen molar-refractivity contribution in [2.24, 2.45) is 0 Å². The number of unbranched alkanes of at least 4 members (excludes halogenated alkanes) is 14. The maximum atomic E-state index is 11.8. The lowest BCUT2D eigenvalue weighted by atomic mass is 10.0. The number of aliphatic hydroxyl groups is 3. The van der Waals surface area contributed by atoms with E-state index in [1.807, 2.05) is 0 Å². The molecule has 1 fully saturated rings. The number of carbonyl (C=O) groups excluding carboxylic acids is 1. The van der Waals surface area contributed by atoms with Crippen molar-refractivity contribution in [2.45, 2.75) is 134 Å². The number of carbonyl (C=O) groups is 1. The fourth-order valence-corrected chi connectivity index (χ4v) is 3.95. The molecule has 3 N–H and O–H groups in total. The third-order valence-corrected chi connectivity index (χ3v) is 5.97. The first-order valence-corrected chi connectivity index (χ1v) is 12.4. The van der Waals surface area contributed by atoms with E-state index in [-0.39, 0.29) is 19.2 Å². The van der Waals surface area contributed by atoms with Gasteiger partial charge in [0.15, 0.2) is 0 Å². The highest BCUT2D eigenvalue weighted by Gasteiger charge is 2.39. The number of hydrogen-bond acceptors (Lipinski definition) is 6. The lowest BCUT2D eigenvalue weighted by Gasteiger charge is -2.20. The van der Waals surface area contributed by atoms with Crippen LogP contribution < -0.4 is 0 Å². The molecular weight excluding hydrogens is 384 g/mol. The van der Waals surface area contributed by atoms with Crippen LogP contribution in [-0.2, 0) is 14.3 Å². The van der Waals surface area contributed by atoms with Crippen LogP contribution in [0.15, 0.2) is 0 Å². The largest absolute Gasteiger partial charge is 0.463 e. The van der Waals surface area contributed by atoms with Crippen molar-refractivity contribution < 1.29 is 29.6 Å². The Kier molecular flexibility index (Phi) is 16.3. The van der Waals surface area contributed by atoms with E-state index in [1.54, 1.807) is 0 Å². The Morgan fingerprint density at radius 3 is 1.77 bits per heavy atom. The predicted octanol–water partition coefficient (Wildman–Crippen LogP) is 4.27. The van der Waals surface area contributed by atoms with Crippen LogP contribution in [0.5, 0.6) is 0 Å². The van der Waals surface area contributed by atoms with Crippen LogP contribution in [0.25, 0.3) is 0 Å². The minimum Gasteiger partial charge on any atom is -0.463 e. The van der Waals surface area contributed by atoms with Crippen molar-refractivity contribution in [2.75, 3.05) is 13.2 Å². The molecule has 4 atom stereocenters. The number of esters is 1. The Balaban J connectivity index is 1.83. The van der Waals surface area contributed by atoms with Gasteiger partial charge in [-0.3, -0.25) is 4.79 Å². The van der Waals surface area contributed by atoms with E-state index < -0.39 is 24.4 Å². The molecule has 0 amide bonds. The van der Waals surface area contributed by atoms with Crippen LogP contribution in [0.1, 0.15) is 110 Å². The number of rotatable bonds is 19. The van der Waals surface area contributed by atoms with Crippen molar-refractivity contribution in [3.63, 3.8) is 0 Å². The highest BCUT2D eigenvalue weighted by Crippen LogP contribution is 2.18. The summed E-state index contributed by atoms with van der Waals surface area (Å²) in [5.41, 5.74) is 0. The lowest BCUT2D eigenvalue weighted by Crippen LogP contribution is -2.41. The van der Waals surface area contributed by atoms with Crippen molar-refractivity contribution in [3.05, 3.63) is 0 Å². The molecule has 6 nitrogen and oxygen atoms in total. The van der Waals surface area contributed by atoms with Crippen LogP contribution in [-0.4, -0.2) is 58.9 Å². The monoisotopic (exact) mass is 430 g/mol. The molecule has 1 unspecified atom stereocenters. The third kappa shape index (κ3) is 12.9. The second-order valence-electron chi connectivity index (χ2n) is 8.81. The molecule has 6 heteroatoms. The van der Waals surface area contributed by atoms with Crippen LogP contribution in [0.2, 0.25) is 0 Å². The van der Waals surface area contributed by atoms with Gasteiger partial charge in [0.1, 0.15) is 31.0 Å². The molecule has 1 aliphatic heterocycles. The Bertz CT molecular complexity index is 417. The van der Waals surface area contributed by atoms with Crippen molar-refractivity contribution >= 4 is 5.97 Å². The van der Waals surface area contributed by atoms with E-state index in [1.165, 1.54) is 77.0 Å². The second kappa shape index (κ2) is 17.9. The average molecular weight is 431 g/mol. The van der Waals surface area contributed by atoms with Gasteiger partial charge in [-0.15, -0.1) is 0 Å². The zero-order chi connectivity index (χ0) is 22.0. The van der Waals surface area contributed by atoms with E-state index in [0.717, 1.165) is 19.3 Å². The smallest absolute Gasteiger partial charge is 0.305 e. The van der Waals surface area contributed by atoms with Crippen molar-refractivity contribution in [3.8, 4) is 0 Å². The highest BCUT2D eigenvalue weighted by atomic mass is 16.6. The van der Waals surface area contributed by atoms with Gasteiger partial charge < -0.3 is 24.8 Å². The maximum Gasteiger partial charge on any atom is 0.305 e. The zero-order valence-electron chi connectivity index (χ0n) is 19.1. The van der Waals surface area contributed by atoms with Crippen molar-refractivity contribution in [1.29, 1.82) is 0 Å². The SMILES string of the molecule is CCCCCCCCCCCCCCCCCC(=O)OC[C@@H](O)[C@H]1OC[C@@H](O)C1O. The molecule has 0 radical (unpaired) electrons. The summed E-state index contributed by atoms with van der Waals surface area (Å²) in [6, 6.07) is 0. The molecule has 30 heavy (non-hydrogen) atoms. The minimum absolute atomic E-state index is 0.0179. The molecule has 0 bridgehead atoms. The van der Waals surface area contributed by atoms with Crippen LogP contribution in [0.3, 0.4) is 0 Å². The summed E-state index contributed by atoms with van der Waals surface area (Å²) in [5.74, 6) is -0.336. The van der Waals surface area contributed by atoms with E-state index in [2.05, 4.69) is 6.92 Å². The van der Waals surface area contributed by atoms with Crippen LogP contribution >= 0.6 is 0 Å². The molecule has 1 aliphatic rings. The molecule has 0 aromatic carbocycles. The quantitative estimate of drug-likeness (QED) is 0.209. The van der Waals surface area contributed by atoms with Crippen LogP contribution in [0, 0.1) is 0 Å². The van der Waals surface area contributed by atoms with E-state index in [0.29, 0.717) is 6.42 Å². The topological polar surface area (TPSA) is 96.2 Å². The fraction of sp³-hybridized carbons (Fsp3) is 0.958. The van der Waals surface area contributed by atoms with Gasteiger partial charge >= 0.3 is 5.97 Å². The molecule has 0 aromatic rings. The molecule has 0 aromatic heterocycles. The van der Waals surface area contributed by atoms with Gasteiger partial charge in [-0.25, -0.2) is 0 Å². The summed E-state index contributed by atoms with van der Waals surface area (Å²) in [6.07, 6.45) is 15.4. The summed E-state index contributed by atoms with van der Waals surface area (Å²) in [5, 5.41) is 29.0. The Labute approximate surface area is 183 Å². The molecule has 0 saturated carbocycles. The van der Waals surface area contributed by atoms with Gasteiger partial charge in [-0.2, -0.15) is 0 Å². The molecule has 1 rings (SSSR count).